The van der Waals surface area contributed by atoms with Gasteiger partial charge >= 0.3 is 23.5 Å². The molecule has 0 saturated carbocycles. The molecule has 0 aliphatic carbocycles. The third-order valence-electron chi connectivity index (χ3n) is 7.44. The molecule has 0 spiro atoms. The molecule has 3 heterocycles. The Morgan fingerprint density at radius 2 is 1.72 bits per heavy atom. The second-order valence-electron chi connectivity index (χ2n) is 12.5. The molecule has 1 fully saturated rings. The fourth-order valence-corrected chi connectivity index (χ4v) is 8.73. The van der Waals surface area contributed by atoms with E-state index in [9.17, 15) is 53.1 Å². The second kappa shape index (κ2) is 18.5. The molecule has 53 heavy (non-hydrogen) atoms. The number of hydrogen-bond donors (Lipinski definition) is 9. The van der Waals surface area contributed by atoms with E-state index in [0.717, 1.165) is 17.2 Å². The Kier molecular flexibility index (Phi) is 15.9. The number of phosphoric ester groups is 3. The minimum atomic E-state index is -5.55. The van der Waals surface area contributed by atoms with E-state index < -0.39 is 78.6 Å². The number of nitrogens with zero attached hydrogens (tertiary/aromatic N) is 4. The quantitative estimate of drug-likeness (QED) is 0.0461. The Labute approximate surface area is 311 Å². The van der Waals surface area contributed by atoms with Gasteiger partial charge in [-0.2, -0.15) is 4.31 Å². The minimum absolute atomic E-state index is 0.00301. The van der Waals surface area contributed by atoms with E-state index >= 15 is 0 Å². The van der Waals surface area contributed by atoms with Crippen LogP contribution < -0.4 is 16.4 Å². The highest BCUT2D eigenvalue weighted by atomic mass is 32.2. The van der Waals surface area contributed by atoms with E-state index in [1.165, 1.54) is 13.8 Å². The number of thioether (sulfide) groups is 2. The van der Waals surface area contributed by atoms with E-state index in [-0.39, 0.29) is 39.9 Å². The number of hydrogen-bond acceptors (Lipinski definition) is 18. The van der Waals surface area contributed by atoms with Crippen molar-refractivity contribution in [1.29, 1.82) is 0 Å². The zero-order chi connectivity index (χ0) is 40.0. The lowest BCUT2D eigenvalue weighted by atomic mass is 9.87. The lowest BCUT2D eigenvalue weighted by molar-refractivity contribution is -0.137. The van der Waals surface area contributed by atoms with Crippen LogP contribution in [0.15, 0.2) is 12.7 Å². The number of aliphatic hydroxyl groups is 2. The molecule has 23 nitrogen and oxygen atoms in total. The molecule has 2 aromatic heterocycles. The SMILES string of the molecule is CSC(C)(C)SCCNC(=O)CCNC(=O)C(O)C(C)(C)COP(=O)(O)OP(=O)(O)OCC1OC(n2cnc3c(N)ncnc32)C(O)C1OP(=O)(O)O. The number of carbonyl (C=O) groups excluding carboxylic acids is 2. The summed E-state index contributed by atoms with van der Waals surface area (Å²) < 4.78 is 62.1. The summed E-state index contributed by atoms with van der Waals surface area (Å²) in [6, 6.07) is 0. The molecule has 7 unspecified atom stereocenters. The number of nitrogen functional groups attached to an aromatic ring is 1. The van der Waals surface area contributed by atoms with Crippen LogP contribution >= 0.6 is 47.0 Å². The van der Waals surface area contributed by atoms with E-state index in [2.05, 4.69) is 48.3 Å². The van der Waals surface area contributed by atoms with Gasteiger partial charge in [-0.3, -0.25) is 27.7 Å². The van der Waals surface area contributed by atoms with E-state index in [1.807, 2.05) is 6.26 Å². The number of imidazole rings is 1. The van der Waals surface area contributed by atoms with Crippen LogP contribution in [0, 0.1) is 5.41 Å². The summed E-state index contributed by atoms with van der Waals surface area (Å²) in [6.07, 6.45) is -4.74. The summed E-state index contributed by atoms with van der Waals surface area (Å²) in [5.41, 5.74) is 4.31. The maximum absolute atomic E-state index is 12.7. The first-order valence-electron chi connectivity index (χ1n) is 15.4. The molecule has 302 valence electrons. The molecule has 1 aliphatic heterocycles. The summed E-state index contributed by atoms with van der Waals surface area (Å²) >= 11 is 3.36. The van der Waals surface area contributed by atoms with Gasteiger partial charge in [0.1, 0.15) is 36.3 Å². The van der Waals surface area contributed by atoms with Crippen molar-refractivity contribution in [2.45, 2.75) is 68.8 Å². The van der Waals surface area contributed by atoms with Crippen molar-refractivity contribution < 1.29 is 75.7 Å². The highest BCUT2D eigenvalue weighted by molar-refractivity contribution is 8.17. The fraction of sp³-hybridized carbons (Fsp3) is 0.720. The van der Waals surface area contributed by atoms with Crippen molar-refractivity contribution >= 4 is 75.8 Å². The zero-order valence-corrected chi connectivity index (χ0v) is 33.4. The van der Waals surface area contributed by atoms with Crippen LogP contribution in [-0.4, -0.2) is 128 Å². The van der Waals surface area contributed by atoms with E-state index in [4.69, 9.17) is 19.5 Å². The minimum Gasteiger partial charge on any atom is -0.386 e. The normalized spacial score (nSPS) is 22.6. The Hall–Kier alpha value is -1.76. The van der Waals surface area contributed by atoms with Gasteiger partial charge in [-0.15, -0.1) is 23.5 Å². The van der Waals surface area contributed by atoms with Crippen molar-refractivity contribution in [3.63, 3.8) is 0 Å². The molecule has 1 saturated heterocycles. The number of fused-ring (bicyclic) bond motifs is 1. The van der Waals surface area contributed by atoms with Crippen molar-refractivity contribution in [1.82, 2.24) is 30.2 Å². The third-order valence-corrected chi connectivity index (χ3v) is 13.5. The number of aliphatic hydroxyl groups excluding tert-OH is 2. The fourth-order valence-electron chi connectivity index (χ4n) is 4.49. The van der Waals surface area contributed by atoms with E-state index in [0.29, 0.717) is 12.3 Å². The van der Waals surface area contributed by atoms with Gasteiger partial charge in [0.25, 0.3) is 0 Å². The molecular formula is C25H44N7O16P3S2. The number of nitrogens with two attached hydrogens (primary N) is 1. The van der Waals surface area contributed by atoms with Gasteiger partial charge < -0.3 is 50.9 Å². The molecule has 28 heteroatoms. The van der Waals surface area contributed by atoms with Crippen LogP contribution in [0.3, 0.4) is 0 Å². The molecule has 0 radical (unpaired) electrons. The van der Waals surface area contributed by atoms with Crippen LogP contribution in [-0.2, 0) is 45.9 Å². The molecule has 0 aromatic carbocycles. The lowest BCUT2D eigenvalue weighted by Gasteiger charge is -2.30. The molecule has 3 rings (SSSR count). The smallest absolute Gasteiger partial charge is 0.386 e. The first-order valence-corrected chi connectivity index (χ1v) is 22.2. The summed E-state index contributed by atoms with van der Waals surface area (Å²) in [7, 11) is -16.3. The van der Waals surface area contributed by atoms with Gasteiger partial charge in [0.2, 0.25) is 11.8 Å². The number of phosphoric acid groups is 3. The Bertz CT molecular complexity index is 1730. The van der Waals surface area contributed by atoms with Crippen molar-refractivity contribution in [2.24, 2.45) is 5.41 Å². The van der Waals surface area contributed by atoms with Gasteiger partial charge in [-0.25, -0.2) is 28.6 Å². The number of nitrogens with one attached hydrogen (secondary N) is 2. The van der Waals surface area contributed by atoms with Crippen molar-refractivity contribution in [2.75, 3.05) is 44.0 Å². The summed E-state index contributed by atoms with van der Waals surface area (Å²) in [6.45, 7) is 4.99. The Balaban J connectivity index is 1.53. The van der Waals surface area contributed by atoms with E-state index in [1.54, 1.807) is 23.5 Å². The maximum Gasteiger partial charge on any atom is 0.481 e. The number of amides is 2. The Morgan fingerprint density at radius 3 is 2.36 bits per heavy atom. The number of ether oxygens (including phenoxy) is 1. The predicted molar refractivity (Wildman–Crippen MR) is 190 cm³/mol. The highest BCUT2D eigenvalue weighted by Crippen LogP contribution is 2.61. The first kappa shape index (κ1) is 45.6. The zero-order valence-electron chi connectivity index (χ0n) is 29.1. The molecule has 1 aliphatic rings. The van der Waals surface area contributed by atoms with Crippen LogP contribution in [0.5, 0.6) is 0 Å². The molecule has 2 aromatic rings. The molecule has 7 atom stereocenters. The molecular weight excluding hydrogens is 811 g/mol. The molecule has 0 bridgehead atoms. The van der Waals surface area contributed by atoms with Crippen LogP contribution in [0.1, 0.15) is 40.3 Å². The number of rotatable bonds is 21. The number of aromatic nitrogens is 4. The Morgan fingerprint density at radius 1 is 1.06 bits per heavy atom. The summed E-state index contributed by atoms with van der Waals surface area (Å²) in [4.78, 5) is 75.5. The van der Waals surface area contributed by atoms with Crippen LogP contribution in [0.4, 0.5) is 5.82 Å². The first-order chi connectivity index (χ1) is 24.4. The highest BCUT2D eigenvalue weighted by Gasteiger charge is 2.50. The van der Waals surface area contributed by atoms with Crippen LogP contribution in [0.2, 0.25) is 0 Å². The maximum atomic E-state index is 12.7. The van der Waals surface area contributed by atoms with Gasteiger partial charge in [0.05, 0.1) is 23.6 Å². The topological polar surface area (TPSA) is 347 Å². The molecule has 2 amide bonds. The van der Waals surface area contributed by atoms with Gasteiger partial charge in [-0.05, 0) is 20.1 Å². The van der Waals surface area contributed by atoms with Crippen molar-refractivity contribution in [3.05, 3.63) is 12.7 Å². The van der Waals surface area contributed by atoms with Crippen molar-refractivity contribution in [3.8, 4) is 0 Å². The summed E-state index contributed by atoms with van der Waals surface area (Å²) in [5, 5.41) is 26.5. The van der Waals surface area contributed by atoms with Crippen LogP contribution in [0.25, 0.3) is 11.2 Å². The monoisotopic (exact) mass is 855 g/mol. The summed E-state index contributed by atoms with van der Waals surface area (Å²) in [5.74, 6) is -0.613. The molecule has 10 N–H and O–H groups in total. The average molecular weight is 856 g/mol. The lowest BCUT2D eigenvalue weighted by Crippen LogP contribution is -2.46. The van der Waals surface area contributed by atoms with Gasteiger partial charge in [0, 0.05) is 30.7 Å². The average Bonchev–Trinajstić information content (AvgIpc) is 3.61. The standard InChI is InChI=1S/C25H44N7O16P3S2/c1-24(2,19(35)22(36)28-7-6-15(33)27-8-9-53-25(3,4)52-5)11-45-51(42,43)48-50(40,41)44-10-14-18(47-49(37,38)39)17(34)23(46-14)32-13-31-16-20(26)29-12-30-21(16)32/h12-14,17-19,23,34-35H,6-11H2,1-5H3,(H,27,33)(H,28,36)(H,40,41)(H,42,43)(H2,26,29,30)(H2,37,38,39). The van der Waals surface area contributed by atoms with Gasteiger partial charge in [0.15, 0.2) is 17.7 Å². The predicted octanol–water partition coefficient (Wildman–Crippen LogP) is 0.237. The second-order valence-corrected chi connectivity index (χ2v) is 20.2. The largest absolute Gasteiger partial charge is 0.481 e. The number of anilines is 1. The van der Waals surface area contributed by atoms with Gasteiger partial charge in [-0.1, -0.05) is 13.8 Å². The number of carbonyl (C=O) groups is 2. The third kappa shape index (κ3) is 13.7.